The molecule has 2 fully saturated rings. The van der Waals surface area contributed by atoms with Crippen molar-refractivity contribution in [1.82, 2.24) is 5.32 Å². The van der Waals surface area contributed by atoms with Crippen LogP contribution < -0.4 is 5.32 Å². The van der Waals surface area contributed by atoms with Crippen molar-refractivity contribution in [3.8, 4) is 0 Å². The molecule has 12 atom stereocenters. The first kappa shape index (κ1) is 94.1. The minimum Gasteiger partial charge on any atom is -0.394 e. The second-order valence-electron chi connectivity index (χ2n) is 31.4. The highest BCUT2D eigenvalue weighted by molar-refractivity contribution is 5.76. The molecule has 0 spiro atoms. The number of rotatable bonds is 76. The van der Waals surface area contributed by atoms with E-state index in [9.17, 15) is 45.6 Å². The van der Waals surface area contributed by atoms with Gasteiger partial charge in [-0.3, -0.25) is 4.79 Å². The van der Waals surface area contributed by atoms with Gasteiger partial charge in [0, 0.05) is 6.42 Å². The van der Waals surface area contributed by atoms with Crippen LogP contribution in [0.15, 0.2) is 0 Å². The normalized spacial score (nSPS) is 21.8. The van der Waals surface area contributed by atoms with Crippen molar-refractivity contribution in [2.45, 2.75) is 518 Å². The maximum atomic E-state index is 13.4. The van der Waals surface area contributed by atoms with E-state index in [4.69, 9.17) is 18.9 Å². The van der Waals surface area contributed by atoms with Gasteiger partial charge in [0.05, 0.1) is 32.0 Å². The van der Waals surface area contributed by atoms with Crippen LogP contribution in [0.2, 0.25) is 0 Å². The Morgan fingerprint density at radius 3 is 0.859 bits per heavy atom. The number of carbonyl (C=O) groups excluding carboxylic acids is 1. The fourth-order valence-electron chi connectivity index (χ4n) is 15.2. The number of nitrogens with one attached hydrogen (secondary N) is 1. The van der Waals surface area contributed by atoms with Crippen LogP contribution in [0, 0.1) is 0 Å². The summed E-state index contributed by atoms with van der Waals surface area (Å²) >= 11 is 0. The molecule has 0 aromatic heterocycles. The second kappa shape index (κ2) is 70.0. The average Bonchev–Trinajstić information content (AvgIpc) is 0.793. The number of aliphatic hydroxyl groups is 8. The highest BCUT2D eigenvalue weighted by atomic mass is 16.7. The fraction of sp³-hybridized carbons (Fsp3) is 0.988. The quantitative estimate of drug-likeness (QED) is 0.0259. The first-order valence-electron chi connectivity index (χ1n) is 43.8. The number of amides is 1. The Balaban J connectivity index is 1.55. The number of ether oxygens (including phenoxy) is 4. The zero-order valence-electron chi connectivity index (χ0n) is 65.0. The Morgan fingerprint density at radius 2 is 0.576 bits per heavy atom. The summed E-state index contributed by atoms with van der Waals surface area (Å²) in [7, 11) is 0. The van der Waals surface area contributed by atoms with Crippen LogP contribution >= 0.6 is 0 Å². The van der Waals surface area contributed by atoms with E-state index < -0.39 is 86.8 Å². The van der Waals surface area contributed by atoms with Crippen LogP contribution in [0.5, 0.6) is 0 Å². The Bertz CT molecular complexity index is 1660. The number of unbranched alkanes of at least 4 members (excludes halogenated alkanes) is 63. The molecule has 590 valence electrons. The van der Waals surface area contributed by atoms with E-state index in [-0.39, 0.29) is 12.5 Å². The Hall–Kier alpha value is -1.01. The highest BCUT2D eigenvalue weighted by Crippen LogP contribution is 2.31. The molecule has 99 heavy (non-hydrogen) atoms. The van der Waals surface area contributed by atoms with Crippen LogP contribution in [0.25, 0.3) is 0 Å². The van der Waals surface area contributed by atoms with E-state index >= 15 is 0 Å². The number of hydrogen-bond donors (Lipinski definition) is 9. The lowest BCUT2D eigenvalue weighted by Gasteiger charge is -2.46. The van der Waals surface area contributed by atoms with Crippen LogP contribution in [0.4, 0.5) is 0 Å². The van der Waals surface area contributed by atoms with Crippen LogP contribution in [0.1, 0.15) is 444 Å². The molecule has 2 rings (SSSR count). The summed E-state index contributed by atoms with van der Waals surface area (Å²) in [5, 5.41) is 88.0. The molecule has 2 heterocycles. The molecule has 1 amide bonds. The van der Waals surface area contributed by atoms with Gasteiger partial charge in [-0.05, 0) is 12.8 Å². The number of hydrogen-bond acceptors (Lipinski definition) is 13. The maximum absolute atomic E-state index is 13.4. The van der Waals surface area contributed by atoms with E-state index in [1.807, 2.05) is 0 Å². The first-order valence-corrected chi connectivity index (χ1v) is 43.8. The zero-order chi connectivity index (χ0) is 71.5. The van der Waals surface area contributed by atoms with E-state index in [1.165, 1.54) is 366 Å². The van der Waals surface area contributed by atoms with Crippen molar-refractivity contribution >= 4 is 5.91 Å². The molecule has 0 aromatic carbocycles. The summed E-state index contributed by atoms with van der Waals surface area (Å²) in [5.74, 6) is -0.194. The van der Waals surface area contributed by atoms with Gasteiger partial charge in [-0.2, -0.15) is 0 Å². The van der Waals surface area contributed by atoms with Gasteiger partial charge in [0.15, 0.2) is 12.6 Å². The van der Waals surface area contributed by atoms with Gasteiger partial charge in [0.25, 0.3) is 0 Å². The third-order valence-electron chi connectivity index (χ3n) is 22.1. The molecule has 2 aliphatic rings. The minimum atomic E-state index is -1.78. The lowest BCUT2D eigenvalue weighted by atomic mass is 9.97. The molecule has 0 aromatic rings. The predicted molar refractivity (Wildman–Crippen MR) is 411 cm³/mol. The molecule has 0 radical (unpaired) electrons. The van der Waals surface area contributed by atoms with Crippen molar-refractivity contribution in [3.63, 3.8) is 0 Å². The van der Waals surface area contributed by atoms with Gasteiger partial charge < -0.3 is 65.1 Å². The molecule has 2 saturated heterocycles. The summed E-state index contributed by atoms with van der Waals surface area (Å²) in [4.78, 5) is 13.4. The third-order valence-corrected chi connectivity index (χ3v) is 22.1. The van der Waals surface area contributed by atoms with E-state index in [0.29, 0.717) is 12.8 Å². The first-order chi connectivity index (χ1) is 48.6. The molecule has 12 unspecified atom stereocenters. The maximum Gasteiger partial charge on any atom is 0.220 e. The van der Waals surface area contributed by atoms with E-state index in [1.54, 1.807) is 0 Å². The smallest absolute Gasteiger partial charge is 0.220 e. The van der Waals surface area contributed by atoms with Gasteiger partial charge in [-0.25, -0.2) is 0 Å². The Morgan fingerprint density at radius 1 is 0.323 bits per heavy atom. The summed E-state index contributed by atoms with van der Waals surface area (Å²) in [5.41, 5.74) is 0. The van der Waals surface area contributed by atoms with Gasteiger partial charge in [0.1, 0.15) is 48.8 Å². The van der Waals surface area contributed by atoms with Crippen LogP contribution in [-0.2, 0) is 23.7 Å². The van der Waals surface area contributed by atoms with Gasteiger partial charge >= 0.3 is 0 Å². The molecule has 0 bridgehead atoms. The molecular weight excluding hydrogens is 1240 g/mol. The summed E-state index contributed by atoms with van der Waals surface area (Å²) < 4.78 is 23.0. The standard InChI is InChI=1S/C85H167NO13/c1-3-5-7-9-11-13-15-17-19-21-23-25-27-29-31-33-34-35-36-37-38-39-40-41-43-45-47-49-51-53-55-57-59-61-63-65-67-69-77(90)86-73(72-96-84-82(95)80(93)83(76(71-88)98-84)99-85-81(94)79(92)78(91)75(70-87)97-85)74(89)68-66-64-62-60-58-56-54-52-50-48-46-44-42-32-30-28-26-24-22-20-18-16-14-12-10-8-6-4-2/h73-76,78-85,87-89,91-95H,3-72H2,1-2H3,(H,86,90). The molecule has 14 nitrogen and oxygen atoms in total. The lowest BCUT2D eigenvalue weighted by Crippen LogP contribution is -2.65. The van der Waals surface area contributed by atoms with E-state index in [0.717, 1.165) is 51.4 Å². The third kappa shape index (κ3) is 52.6. The largest absolute Gasteiger partial charge is 0.394 e. The van der Waals surface area contributed by atoms with Gasteiger partial charge in [0.2, 0.25) is 5.91 Å². The molecule has 0 aliphatic carbocycles. The van der Waals surface area contributed by atoms with Crippen molar-refractivity contribution in [1.29, 1.82) is 0 Å². The van der Waals surface area contributed by atoms with Crippen LogP contribution in [0.3, 0.4) is 0 Å². The number of carbonyl (C=O) groups is 1. The minimum absolute atomic E-state index is 0.194. The Labute approximate surface area is 610 Å². The zero-order valence-corrected chi connectivity index (χ0v) is 65.0. The average molecular weight is 1410 g/mol. The summed E-state index contributed by atoms with van der Waals surface area (Å²) in [6.07, 6.45) is 71.8. The monoisotopic (exact) mass is 1410 g/mol. The summed E-state index contributed by atoms with van der Waals surface area (Å²) in [6.45, 7) is 2.96. The highest BCUT2D eigenvalue weighted by Gasteiger charge is 2.51. The topological polar surface area (TPSA) is 228 Å². The van der Waals surface area contributed by atoms with Gasteiger partial charge in [-0.1, -0.05) is 425 Å². The lowest BCUT2D eigenvalue weighted by molar-refractivity contribution is -0.359. The predicted octanol–water partition coefficient (Wildman–Crippen LogP) is 20.6. The molecule has 0 saturated carbocycles. The fourth-order valence-corrected chi connectivity index (χ4v) is 15.2. The van der Waals surface area contributed by atoms with Crippen molar-refractivity contribution in [3.05, 3.63) is 0 Å². The second-order valence-corrected chi connectivity index (χ2v) is 31.4. The number of aliphatic hydroxyl groups excluding tert-OH is 8. The molecule has 2 aliphatic heterocycles. The van der Waals surface area contributed by atoms with Crippen molar-refractivity contribution in [2.75, 3.05) is 19.8 Å². The SMILES string of the molecule is CCCCCCCCCCCCCCCCCCCCCCCCCCCCCCCCCCCCCCCC(=O)NC(COC1OC(CO)C(OC2OC(CO)C(O)C(O)C2O)C(O)C1O)C(O)CCCCCCCCCCCCCCCCCCCCCCCCCCCCCC. The van der Waals surface area contributed by atoms with Gasteiger partial charge in [-0.15, -0.1) is 0 Å². The Kier molecular flexibility index (Phi) is 66.5. The van der Waals surface area contributed by atoms with Crippen LogP contribution in [-0.4, -0.2) is 140 Å². The molecule has 9 N–H and O–H groups in total. The van der Waals surface area contributed by atoms with Crippen molar-refractivity contribution in [2.24, 2.45) is 0 Å². The molecular formula is C85H167NO13. The molecule has 14 heteroatoms. The van der Waals surface area contributed by atoms with E-state index in [2.05, 4.69) is 19.2 Å². The summed E-state index contributed by atoms with van der Waals surface area (Å²) in [6, 6.07) is -0.826. The van der Waals surface area contributed by atoms with Crippen molar-refractivity contribution < 1.29 is 64.6 Å².